The number of amides is 1. The molecule has 0 bridgehead atoms. The molecule has 27 heavy (non-hydrogen) atoms. The molecule has 9 heteroatoms. The minimum Gasteiger partial charge on any atom is -0.321 e. The molecule has 0 atom stereocenters. The van der Waals surface area contributed by atoms with Crippen LogP contribution in [0, 0.1) is 0 Å². The van der Waals surface area contributed by atoms with E-state index in [2.05, 4.69) is 30.8 Å². The lowest BCUT2D eigenvalue weighted by Crippen LogP contribution is -2.15. The molecule has 3 aromatic heterocycles. The summed E-state index contributed by atoms with van der Waals surface area (Å²) in [7, 11) is 0. The molecule has 0 radical (unpaired) electrons. The second-order valence-corrected chi connectivity index (χ2v) is 5.57. The SMILES string of the molecule is O=C(Nc1ccc(-c2ccc(=O)[nH]n2)cc1)c1ccc(-n2cccn2)nn1. The summed E-state index contributed by atoms with van der Waals surface area (Å²) in [6.45, 7) is 0. The number of anilines is 1. The predicted octanol–water partition coefficient (Wildman–Crippen LogP) is 1.66. The first-order valence-corrected chi connectivity index (χ1v) is 8.00. The molecule has 0 aliphatic rings. The highest BCUT2D eigenvalue weighted by Gasteiger charge is 2.10. The third kappa shape index (κ3) is 3.61. The van der Waals surface area contributed by atoms with Gasteiger partial charge in [0, 0.05) is 29.7 Å². The van der Waals surface area contributed by atoms with Crippen molar-refractivity contribution < 1.29 is 4.79 Å². The van der Waals surface area contributed by atoms with Crippen molar-refractivity contribution >= 4 is 11.6 Å². The summed E-state index contributed by atoms with van der Waals surface area (Å²) in [5.41, 5.74) is 1.98. The van der Waals surface area contributed by atoms with E-state index < -0.39 is 0 Å². The van der Waals surface area contributed by atoms with Gasteiger partial charge in [-0.3, -0.25) is 9.59 Å². The number of aromatic amines is 1. The topological polar surface area (TPSA) is 118 Å². The van der Waals surface area contributed by atoms with Gasteiger partial charge in [-0.25, -0.2) is 9.78 Å². The van der Waals surface area contributed by atoms with E-state index in [1.807, 2.05) is 0 Å². The largest absolute Gasteiger partial charge is 0.321 e. The van der Waals surface area contributed by atoms with Crippen LogP contribution >= 0.6 is 0 Å². The number of H-pyrrole nitrogens is 1. The van der Waals surface area contributed by atoms with Crippen molar-refractivity contribution in [3.63, 3.8) is 0 Å². The van der Waals surface area contributed by atoms with Crippen LogP contribution in [0.3, 0.4) is 0 Å². The molecule has 4 rings (SSSR count). The smallest absolute Gasteiger partial charge is 0.276 e. The van der Waals surface area contributed by atoms with Crippen LogP contribution in [0.4, 0.5) is 5.69 Å². The molecule has 0 fully saturated rings. The molecule has 0 aliphatic heterocycles. The van der Waals surface area contributed by atoms with Crippen molar-refractivity contribution in [3.05, 3.63) is 83.0 Å². The van der Waals surface area contributed by atoms with Crippen molar-refractivity contribution in [1.82, 2.24) is 30.2 Å². The Morgan fingerprint density at radius 3 is 2.48 bits per heavy atom. The number of carbonyl (C=O) groups excluding carboxylic acids is 1. The molecular formula is C18H13N7O2. The number of rotatable bonds is 4. The Bertz CT molecular complexity index is 1100. The summed E-state index contributed by atoms with van der Waals surface area (Å²) in [4.78, 5) is 23.4. The van der Waals surface area contributed by atoms with E-state index in [0.717, 1.165) is 5.56 Å². The molecule has 0 spiro atoms. The molecule has 0 aliphatic carbocycles. The van der Waals surface area contributed by atoms with E-state index in [1.165, 1.54) is 6.07 Å². The Kier molecular flexibility index (Phi) is 4.24. The first-order chi connectivity index (χ1) is 13.2. The summed E-state index contributed by atoms with van der Waals surface area (Å²) < 4.78 is 1.55. The van der Waals surface area contributed by atoms with Crippen LogP contribution in [0.15, 0.2) is 71.8 Å². The van der Waals surface area contributed by atoms with Gasteiger partial charge in [-0.05, 0) is 36.4 Å². The van der Waals surface area contributed by atoms with E-state index in [4.69, 9.17) is 0 Å². The fraction of sp³-hybridized carbons (Fsp3) is 0. The maximum atomic E-state index is 12.3. The first-order valence-electron chi connectivity index (χ1n) is 8.00. The average Bonchev–Trinajstić information content (AvgIpc) is 3.24. The summed E-state index contributed by atoms with van der Waals surface area (Å²) in [5, 5.41) is 21.1. The lowest BCUT2D eigenvalue weighted by atomic mass is 10.1. The summed E-state index contributed by atoms with van der Waals surface area (Å²) in [6.07, 6.45) is 3.37. The molecule has 1 amide bonds. The lowest BCUT2D eigenvalue weighted by Gasteiger charge is -2.06. The molecule has 132 valence electrons. The Labute approximate surface area is 152 Å². The highest BCUT2D eigenvalue weighted by atomic mass is 16.2. The molecule has 0 unspecified atom stereocenters. The van der Waals surface area contributed by atoms with Gasteiger partial charge in [0.15, 0.2) is 11.5 Å². The van der Waals surface area contributed by atoms with Crippen molar-refractivity contribution in [2.24, 2.45) is 0 Å². The molecule has 1 aromatic carbocycles. The van der Waals surface area contributed by atoms with Crippen LogP contribution in [0.25, 0.3) is 17.1 Å². The Morgan fingerprint density at radius 2 is 1.85 bits per heavy atom. The Balaban J connectivity index is 1.46. The van der Waals surface area contributed by atoms with E-state index >= 15 is 0 Å². The number of hydrogen-bond donors (Lipinski definition) is 2. The van der Waals surface area contributed by atoms with Crippen LogP contribution in [-0.2, 0) is 0 Å². The van der Waals surface area contributed by atoms with E-state index in [0.29, 0.717) is 17.2 Å². The number of aromatic nitrogens is 6. The van der Waals surface area contributed by atoms with Crippen molar-refractivity contribution in [2.45, 2.75) is 0 Å². The molecular weight excluding hydrogens is 346 g/mol. The van der Waals surface area contributed by atoms with Crippen LogP contribution in [0.1, 0.15) is 10.5 Å². The maximum absolute atomic E-state index is 12.3. The number of carbonyl (C=O) groups is 1. The van der Waals surface area contributed by atoms with Gasteiger partial charge in [-0.2, -0.15) is 10.2 Å². The molecule has 0 saturated carbocycles. The van der Waals surface area contributed by atoms with Crippen LogP contribution < -0.4 is 10.9 Å². The average molecular weight is 359 g/mol. The van der Waals surface area contributed by atoms with Gasteiger partial charge < -0.3 is 5.32 Å². The Hall–Kier alpha value is -4.14. The van der Waals surface area contributed by atoms with Crippen LogP contribution in [0.5, 0.6) is 0 Å². The van der Waals surface area contributed by atoms with Gasteiger partial charge >= 0.3 is 0 Å². The number of benzene rings is 1. The second-order valence-electron chi connectivity index (χ2n) is 5.57. The van der Waals surface area contributed by atoms with Crippen molar-refractivity contribution in [1.29, 1.82) is 0 Å². The zero-order valence-corrected chi connectivity index (χ0v) is 13.9. The van der Waals surface area contributed by atoms with Gasteiger partial charge in [-0.1, -0.05) is 12.1 Å². The van der Waals surface area contributed by atoms with Gasteiger partial charge in [0.1, 0.15) is 0 Å². The third-order valence-electron chi connectivity index (χ3n) is 3.74. The molecule has 3 heterocycles. The standard InChI is InChI=1S/C18H13N7O2/c26-17-9-7-14(21-24-17)12-2-4-13(5-3-12)20-18(27)15-6-8-16(23-22-15)25-11-1-10-19-25/h1-11H,(H,20,27)(H,24,26). The number of nitrogens with one attached hydrogen (secondary N) is 2. The summed E-state index contributed by atoms with van der Waals surface area (Å²) >= 11 is 0. The third-order valence-corrected chi connectivity index (χ3v) is 3.74. The lowest BCUT2D eigenvalue weighted by molar-refractivity contribution is 0.102. The Morgan fingerprint density at radius 1 is 1.00 bits per heavy atom. The quantitative estimate of drug-likeness (QED) is 0.572. The van der Waals surface area contributed by atoms with Gasteiger partial charge in [0.25, 0.3) is 11.5 Å². The molecule has 9 nitrogen and oxygen atoms in total. The van der Waals surface area contributed by atoms with Gasteiger partial charge in [0.05, 0.1) is 5.69 Å². The summed E-state index contributed by atoms with van der Waals surface area (Å²) in [6, 6.07) is 15.1. The highest BCUT2D eigenvalue weighted by molar-refractivity contribution is 6.02. The normalized spacial score (nSPS) is 10.5. The van der Waals surface area contributed by atoms with E-state index in [9.17, 15) is 9.59 Å². The van der Waals surface area contributed by atoms with Crippen molar-refractivity contribution in [2.75, 3.05) is 5.32 Å². The predicted molar refractivity (Wildman–Crippen MR) is 97.4 cm³/mol. The van der Waals surface area contributed by atoms with Gasteiger partial charge in [0.2, 0.25) is 0 Å². The van der Waals surface area contributed by atoms with E-state index in [-0.39, 0.29) is 17.2 Å². The highest BCUT2D eigenvalue weighted by Crippen LogP contribution is 2.18. The monoisotopic (exact) mass is 359 g/mol. The number of nitrogens with zero attached hydrogens (tertiary/aromatic N) is 5. The fourth-order valence-electron chi connectivity index (χ4n) is 2.40. The summed E-state index contributed by atoms with van der Waals surface area (Å²) in [5.74, 6) is 0.152. The first kappa shape index (κ1) is 16.3. The zero-order chi connectivity index (χ0) is 18.6. The minimum atomic E-state index is -0.371. The van der Waals surface area contributed by atoms with Crippen LogP contribution in [0.2, 0.25) is 0 Å². The minimum absolute atomic E-state index is 0.192. The fourth-order valence-corrected chi connectivity index (χ4v) is 2.40. The molecule has 2 N–H and O–H groups in total. The second kappa shape index (κ2) is 7.00. The maximum Gasteiger partial charge on any atom is 0.276 e. The molecule has 4 aromatic rings. The van der Waals surface area contributed by atoms with Crippen LogP contribution in [-0.4, -0.2) is 36.1 Å². The van der Waals surface area contributed by atoms with Gasteiger partial charge in [-0.15, -0.1) is 10.2 Å². The van der Waals surface area contributed by atoms with Crippen molar-refractivity contribution in [3.8, 4) is 17.1 Å². The zero-order valence-electron chi connectivity index (χ0n) is 13.9. The van der Waals surface area contributed by atoms with E-state index in [1.54, 1.807) is 65.6 Å². The molecule has 0 saturated heterocycles. The number of hydrogen-bond acceptors (Lipinski definition) is 6.